The lowest BCUT2D eigenvalue weighted by molar-refractivity contribution is 0.383. The Bertz CT molecular complexity index is 883. The van der Waals surface area contributed by atoms with E-state index in [9.17, 15) is 8.42 Å². The molecule has 0 aliphatic carbocycles. The molecular weight excluding hydrogens is 340 g/mol. The van der Waals surface area contributed by atoms with Crippen LogP contribution in [0.3, 0.4) is 0 Å². The van der Waals surface area contributed by atoms with E-state index in [1.165, 1.54) is 11.4 Å². The second kappa shape index (κ2) is 7.09. The van der Waals surface area contributed by atoms with Gasteiger partial charge in [0.25, 0.3) is 0 Å². The molecule has 2 aromatic rings. The maximum absolute atomic E-state index is 12.7. The summed E-state index contributed by atoms with van der Waals surface area (Å²) >= 11 is 0. The van der Waals surface area contributed by atoms with Gasteiger partial charge >= 0.3 is 0 Å². The van der Waals surface area contributed by atoms with E-state index in [4.69, 9.17) is 10.00 Å². The van der Waals surface area contributed by atoms with E-state index in [2.05, 4.69) is 11.1 Å². The van der Waals surface area contributed by atoms with Gasteiger partial charge in [-0.05, 0) is 36.4 Å². The van der Waals surface area contributed by atoms with E-state index < -0.39 is 10.0 Å². The summed E-state index contributed by atoms with van der Waals surface area (Å²) in [6.45, 7) is 1.79. The van der Waals surface area contributed by atoms with Crippen LogP contribution in [-0.2, 0) is 10.0 Å². The minimum Gasteiger partial charge on any atom is -0.497 e. The molecule has 0 unspecified atom stereocenters. The van der Waals surface area contributed by atoms with Gasteiger partial charge in [-0.3, -0.25) is 0 Å². The van der Waals surface area contributed by atoms with Crippen molar-refractivity contribution >= 4 is 15.8 Å². The van der Waals surface area contributed by atoms with Gasteiger partial charge in [-0.15, -0.1) is 0 Å². The van der Waals surface area contributed by atoms with Crippen LogP contribution in [-0.4, -0.2) is 51.0 Å². The van der Waals surface area contributed by atoms with Gasteiger partial charge in [0.2, 0.25) is 10.0 Å². The summed E-state index contributed by atoms with van der Waals surface area (Å²) in [5.41, 5.74) is 0.540. The van der Waals surface area contributed by atoms with Crippen molar-refractivity contribution in [2.75, 3.05) is 38.2 Å². The van der Waals surface area contributed by atoms with E-state index in [-0.39, 0.29) is 4.90 Å². The highest BCUT2D eigenvalue weighted by atomic mass is 32.2. The molecule has 1 aliphatic heterocycles. The van der Waals surface area contributed by atoms with Crippen molar-refractivity contribution in [1.82, 2.24) is 9.29 Å². The van der Waals surface area contributed by atoms with Crippen LogP contribution in [0.2, 0.25) is 0 Å². The summed E-state index contributed by atoms with van der Waals surface area (Å²) in [4.78, 5) is 6.51. The average Bonchev–Trinajstić information content (AvgIpc) is 2.68. The number of rotatable bonds is 4. The summed E-state index contributed by atoms with van der Waals surface area (Å²) in [6, 6.07) is 11.8. The van der Waals surface area contributed by atoms with Crippen molar-refractivity contribution in [3.05, 3.63) is 48.2 Å². The zero-order chi connectivity index (χ0) is 17.9. The van der Waals surface area contributed by atoms with Crippen LogP contribution in [0.5, 0.6) is 5.75 Å². The predicted molar refractivity (Wildman–Crippen MR) is 92.9 cm³/mol. The molecule has 3 rings (SSSR count). The van der Waals surface area contributed by atoms with Gasteiger partial charge in [0.15, 0.2) is 0 Å². The summed E-state index contributed by atoms with van der Waals surface area (Å²) in [6.07, 6.45) is 1.59. The van der Waals surface area contributed by atoms with Gasteiger partial charge in [0.05, 0.1) is 23.6 Å². The van der Waals surface area contributed by atoms with Gasteiger partial charge in [-0.2, -0.15) is 9.57 Å². The van der Waals surface area contributed by atoms with Crippen molar-refractivity contribution in [3.8, 4) is 11.8 Å². The molecule has 0 radical (unpaired) electrons. The Morgan fingerprint density at radius 3 is 2.40 bits per heavy atom. The smallest absolute Gasteiger partial charge is 0.243 e. The highest BCUT2D eigenvalue weighted by molar-refractivity contribution is 7.89. The van der Waals surface area contributed by atoms with Crippen LogP contribution < -0.4 is 9.64 Å². The molecule has 1 aliphatic rings. The predicted octanol–water partition coefficient (Wildman–Crippen LogP) is 1.47. The minimum atomic E-state index is -3.53. The summed E-state index contributed by atoms with van der Waals surface area (Å²) in [5, 5.41) is 8.98. The summed E-state index contributed by atoms with van der Waals surface area (Å²) < 4.78 is 32.0. The lowest BCUT2D eigenvalue weighted by Crippen LogP contribution is -2.48. The molecule has 0 spiro atoms. The molecule has 0 amide bonds. The summed E-state index contributed by atoms with van der Waals surface area (Å²) in [5.74, 6) is 1.31. The first-order valence-electron chi connectivity index (χ1n) is 7.80. The molecular formula is C17H18N4O3S. The first kappa shape index (κ1) is 17.2. The molecule has 1 aromatic carbocycles. The number of hydrogen-bond donors (Lipinski definition) is 0. The van der Waals surface area contributed by atoms with Crippen LogP contribution in [0.25, 0.3) is 0 Å². The zero-order valence-corrected chi connectivity index (χ0v) is 14.6. The van der Waals surface area contributed by atoms with E-state index >= 15 is 0 Å². The molecule has 2 heterocycles. The second-order valence-electron chi connectivity index (χ2n) is 5.58. The number of hydrogen-bond acceptors (Lipinski definition) is 6. The maximum Gasteiger partial charge on any atom is 0.243 e. The monoisotopic (exact) mass is 358 g/mol. The number of pyridine rings is 1. The third kappa shape index (κ3) is 3.57. The van der Waals surface area contributed by atoms with Crippen LogP contribution >= 0.6 is 0 Å². The Kier molecular flexibility index (Phi) is 4.88. The molecule has 0 bridgehead atoms. The van der Waals surface area contributed by atoms with Gasteiger partial charge < -0.3 is 9.64 Å². The van der Waals surface area contributed by atoms with Crippen LogP contribution in [0.4, 0.5) is 5.82 Å². The average molecular weight is 358 g/mol. The first-order chi connectivity index (χ1) is 12.0. The molecule has 1 saturated heterocycles. The number of anilines is 1. The largest absolute Gasteiger partial charge is 0.497 e. The highest BCUT2D eigenvalue weighted by Gasteiger charge is 2.28. The van der Waals surface area contributed by atoms with E-state index in [1.54, 1.807) is 42.6 Å². The number of aromatic nitrogens is 1. The topological polar surface area (TPSA) is 86.5 Å². The lowest BCUT2D eigenvalue weighted by Gasteiger charge is -2.34. The van der Waals surface area contributed by atoms with Crippen molar-refractivity contribution < 1.29 is 13.2 Å². The number of methoxy groups -OCH3 is 1. The van der Waals surface area contributed by atoms with Gasteiger partial charge in [-0.25, -0.2) is 13.4 Å². The van der Waals surface area contributed by atoms with Crippen molar-refractivity contribution in [2.45, 2.75) is 4.90 Å². The van der Waals surface area contributed by atoms with Gasteiger partial charge in [0, 0.05) is 32.4 Å². The number of piperazine rings is 1. The van der Waals surface area contributed by atoms with Crippen LogP contribution in [0, 0.1) is 11.3 Å². The third-order valence-electron chi connectivity index (χ3n) is 4.13. The fourth-order valence-corrected chi connectivity index (χ4v) is 4.14. The number of sulfonamides is 1. The number of benzene rings is 1. The molecule has 130 valence electrons. The van der Waals surface area contributed by atoms with Crippen molar-refractivity contribution in [3.63, 3.8) is 0 Å². The van der Waals surface area contributed by atoms with Gasteiger partial charge in [0.1, 0.15) is 11.6 Å². The Hall–Kier alpha value is -2.63. The standard InChI is InChI=1S/C17H18N4O3S/c1-24-15-2-4-16(5-3-15)25(22,23)21-10-8-20(9-11-21)17-12-14(13-18)6-7-19-17/h2-7,12H,8-11H2,1H3. The molecule has 1 aromatic heterocycles. The van der Waals surface area contributed by atoms with Crippen molar-refractivity contribution in [2.24, 2.45) is 0 Å². The van der Waals surface area contributed by atoms with Crippen LogP contribution in [0.1, 0.15) is 5.56 Å². The lowest BCUT2D eigenvalue weighted by atomic mass is 10.2. The SMILES string of the molecule is COc1ccc(S(=O)(=O)N2CCN(c3cc(C#N)ccn3)CC2)cc1. The normalized spacial score (nSPS) is 15.6. The van der Waals surface area contributed by atoms with E-state index in [1.807, 2.05) is 4.90 Å². The molecule has 8 heteroatoms. The van der Waals surface area contributed by atoms with Crippen LogP contribution in [0.15, 0.2) is 47.5 Å². The molecule has 0 saturated carbocycles. The first-order valence-corrected chi connectivity index (χ1v) is 9.24. The fourth-order valence-electron chi connectivity index (χ4n) is 2.72. The summed E-state index contributed by atoms with van der Waals surface area (Å²) in [7, 11) is -1.99. The van der Waals surface area contributed by atoms with Crippen molar-refractivity contribution in [1.29, 1.82) is 5.26 Å². The zero-order valence-electron chi connectivity index (χ0n) is 13.8. The quantitative estimate of drug-likeness (QED) is 0.823. The second-order valence-corrected chi connectivity index (χ2v) is 7.52. The Morgan fingerprint density at radius 2 is 1.80 bits per heavy atom. The number of nitriles is 1. The molecule has 25 heavy (non-hydrogen) atoms. The highest BCUT2D eigenvalue weighted by Crippen LogP contribution is 2.22. The molecule has 0 N–H and O–H groups in total. The molecule has 1 fully saturated rings. The Morgan fingerprint density at radius 1 is 1.12 bits per heavy atom. The number of ether oxygens (including phenoxy) is 1. The Labute approximate surface area is 147 Å². The van der Waals surface area contributed by atoms with Gasteiger partial charge in [-0.1, -0.05) is 0 Å². The maximum atomic E-state index is 12.7. The Balaban J connectivity index is 1.71. The molecule has 7 nitrogen and oxygen atoms in total. The minimum absolute atomic E-state index is 0.256. The van der Waals surface area contributed by atoms with E-state index in [0.29, 0.717) is 43.3 Å². The van der Waals surface area contributed by atoms with E-state index in [0.717, 1.165) is 0 Å². The third-order valence-corrected chi connectivity index (χ3v) is 6.05. The fraction of sp³-hybridized carbons (Fsp3) is 0.294. The number of nitrogens with zero attached hydrogens (tertiary/aromatic N) is 4. The molecule has 0 atom stereocenters.